The van der Waals surface area contributed by atoms with Gasteiger partial charge in [-0.25, -0.2) is 13.6 Å². The SMILES string of the molecule is CCOC(=O)c1cc(F)c([N+](=O)[O-])nc1C(F)F. The molecule has 1 heterocycles. The molecule has 1 rings (SSSR count). The van der Waals surface area contributed by atoms with E-state index < -0.39 is 40.2 Å². The molecule has 0 saturated carbocycles. The van der Waals surface area contributed by atoms with Crippen LogP contribution in [-0.4, -0.2) is 22.5 Å². The number of carbonyl (C=O) groups is 1. The lowest BCUT2D eigenvalue weighted by Crippen LogP contribution is -2.12. The summed E-state index contributed by atoms with van der Waals surface area (Å²) in [6.07, 6.45) is -3.26. The molecule has 0 spiro atoms. The molecule has 0 aliphatic heterocycles. The molecule has 0 bridgehead atoms. The third-order valence-corrected chi connectivity index (χ3v) is 1.86. The number of hydrogen-bond donors (Lipinski definition) is 0. The summed E-state index contributed by atoms with van der Waals surface area (Å²) in [4.78, 5) is 23.2. The Hall–Kier alpha value is -2.19. The van der Waals surface area contributed by atoms with Gasteiger partial charge in [-0.3, -0.25) is 0 Å². The molecule has 98 valence electrons. The van der Waals surface area contributed by atoms with Crippen molar-refractivity contribution in [3.8, 4) is 0 Å². The van der Waals surface area contributed by atoms with E-state index in [4.69, 9.17) is 0 Å². The Labute approximate surface area is 98.5 Å². The number of esters is 1. The second kappa shape index (κ2) is 5.43. The largest absolute Gasteiger partial charge is 0.462 e. The van der Waals surface area contributed by atoms with Gasteiger partial charge >= 0.3 is 18.2 Å². The van der Waals surface area contributed by atoms with Crippen LogP contribution in [0.3, 0.4) is 0 Å². The summed E-state index contributed by atoms with van der Waals surface area (Å²) in [6, 6.07) is 0.324. The Morgan fingerprint density at radius 1 is 1.61 bits per heavy atom. The zero-order chi connectivity index (χ0) is 13.9. The molecule has 0 N–H and O–H groups in total. The molecule has 0 fully saturated rings. The van der Waals surface area contributed by atoms with Crippen molar-refractivity contribution in [1.29, 1.82) is 0 Å². The van der Waals surface area contributed by atoms with E-state index in [2.05, 4.69) is 9.72 Å². The van der Waals surface area contributed by atoms with Crippen molar-refractivity contribution in [2.45, 2.75) is 13.3 Å². The van der Waals surface area contributed by atoms with Gasteiger partial charge in [-0.05, 0) is 16.8 Å². The lowest BCUT2D eigenvalue weighted by atomic mass is 10.2. The molecule has 0 atom stereocenters. The van der Waals surface area contributed by atoms with Crippen LogP contribution in [0, 0.1) is 15.9 Å². The first-order valence-electron chi connectivity index (χ1n) is 4.68. The zero-order valence-electron chi connectivity index (χ0n) is 9.02. The minimum atomic E-state index is -3.26. The van der Waals surface area contributed by atoms with Crippen LogP contribution in [0.15, 0.2) is 6.07 Å². The van der Waals surface area contributed by atoms with Crippen molar-refractivity contribution in [2.75, 3.05) is 6.61 Å². The van der Waals surface area contributed by atoms with Gasteiger partial charge in [-0.1, -0.05) is 0 Å². The fraction of sp³-hybridized carbons (Fsp3) is 0.333. The Morgan fingerprint density at radius 3 is 2.67 bits per heavy atom. The van der Waals surface area contributed by atoms with E-state index >= 15 is 0 Å². The quantitative estimate of drug-likeness (QED) is 0.473. The maximum Gasteiger partial charge on any atom is 0.400 e. The minimum Gasteiger partial charge on any atom is -0.462 e. The maximum absolute atomic E-state index is 13.2. The van der Waals surface area contributed by atoms with Crippen molar-refractivity contribution < 1.29 is 27.6 Å². The van der Waals surface area contributed by atoms with Gasteiger partial charge in [0.25, 0.3) is 0 Å². The van der Waals surface area contributed by atoms with Gasteiger partial charge in [0.1, 0.15) is 5.56 Å². The molecule has 0 aliphatic carbocycles. The molecule has 0 aromatic carbocycles. The highest BCUT2D eigenvalue weighted by Crippen LogP contribution is 2.26. The van der Waals surface area contributed by atoms with Gasteiger partial charge in [0.05, 0.1) is 6.61 Å². The van der Waals surface area contributed by atoms with E-state index in [1.165, 1.54) is 6.92 Å². The van der Waals surface area contributed by atoms with Crippen LogP contribution in [0.4, 0.5) is 19.0 Å². The predicted molar refractivity (Wildman–Crippen MR) is 51.8 cm³/mol. The number of halogens is 3. The number of alkyl halides is 2. The molecule has 0 aliphatic rings. The van der Waals surface area contributed by atoms with E-state index in [-0.39, 0.29) is 6.61 Å². The van der Waals surface area contributed by atoms with Crippen LogP contribution >= 0.6 is 0 Å². The fourth-order valence-electron chi connectivity index (χ4n) is 1.16. The smallest absolute Gasteiger partial charge is 0.400 e. The van der Waals surface area contributed by atoms with Gasteiger partial charge in [0.15, 0.2) is 0 Å². The highest BCUT2D eigenvalue weighted by atomic mass is 19.3. The van der Waals surface area contributed by atoms with Crippen LogP contribution in [0.2, 0.25) is 0 Å². The minimum absolute atomic E-state index is 0.111. The van der Waals surface area contributed by atoms with Gasteiger partial charge < -0.3 is 14.9 Å². The number of rotatable bonds is 4. The summed E-state index contributed by atoms with van der Waals surface area (Å²) in [5, 5.41) is 10.3. The lowest BCUT2D eigenvalue weighted by Gasteiger charge is -2.05. The molecule has 0 radical (unpaired) electrons. The normalized spacial score (nSPS) is 10.5. The van der Waals surface area contributed by atoms with E-state index in [0.717, 1.165) is 0 Å². The average Bonchev–Trinajstić information content (AvgIpc) is 2.27. The zero-order valence-corrected chi connectivity index (χ0v) is 9.02. The van der Waals surface area contributed by atoms with E-state index in [1.807, 2.05) is 0 Å². The van der Waals surface area contributed by atoms with Crippen LogP contribution in [0.1, 0.15) is 29.4 Å². The topological polar surface area (TPSA) is 82.3 Å². The van der Waals surface area contributed by atoms with Gasteiger partial charge in [0.2, 0.25) is 11.5 Å². The highest BCUT2D eigenvalue weighted by molar-refractivity contribution is 5.90. The first kappa shape index (κ1) is 13.9. The van der Waals surface area contributed by atoms with E-state index in [0.29, 0.717) is 6.07 Å². The summed E-state index contributed by atoms with van der Waals surface area (Å²) in [6.45, 7) is 1.31. The first-order chi connectivity index (χ1) is 8.38. The molecule has 1 aromatic rings. The molecule has 6 nitrogen and oxygen atoms in total. The Bertz CT molecular complexity index is 493. The first-order valence-corrected chi connectivity index (χ1v) is 4.68. The number of pyridine rings is 1. The molecule has 18 heavy (non-hydrogen) atoms. The number of carbonyl (C=O) groups excluding carboxylic acids is 1. The summed E-state index contributed by atoms with van der Waals surface area (Å²) >= 11 is 0. The predicted octanol–water partition coefficient (Wildman–Crippen LogP) is 2.24. The van der Waals surface area contributed by atoms with Crippen LogP contribution in [0.25, 0.3) is 0 Å². The van der Waals surface area contributed by atoms with Gasteiger partial charge in [0, 0.05) is 6.07 Å². The van der Waals surface area contributed by atoms with Crippen molar-refractivity contribution in [3.05, 3.63) is 33.3 Å². The van der Waals surface area contributed by atoms with Crippen molar-refractivity contribution in [2.24, 2.45) is 0 Å². The van der Waals surface area contributed by atoms with Gasteiger partial charge in [-0.2, -0.15) is 4.39 Å². The van der Waals surface area contributed by atoms with Crippen molar-refractivity contribution >= 4 is 11.8 Å². The lowest BCUT2D eigenvalue weighted by molar-refractivity contribution is -0.392. The average molecular weight is 264 g/mol. The summed E-state index contributed by atoms with van der Waals surface area (Å²) in [5.41, 5.74) is -2.00. The number of nitrogens with zero attached hydrogens (tertiary/aromatic N) is 2. The number of aromatic nitrogens is 1. The number of ether oxygens (including phenoxy) is 1. The summed E-state index contributed by atoms with van der Waals surface area (Å²) < 4.78 is 42.8. The molecule has 1 aromatic heterocycles. The van der Waals surface area contributed by atoms with Crippen LogP contribution in [0.5, 0.6) is 0 Å². The number of hydrogen-bond acceptors (Lipinski definition) is 5. The van der Waals surface area contributed by atoms with Crippen LogP contribution < -0.4 is 0 Å². The fourth-order valence-corrected chi connectivity index (χ4v) is 1.16. The second-order valence-electron chi connectivity index (χ2n) is 3.00. The molecular formula is C9H7F3N2O4. The molecule has 0 amide bonds. The highest BCUT2D eigenvalue weighted by Gasteiger charge is 2.31. The van der Waals surface area contributed by atoms with E-state index in [9.17, 15) is 28.1 Å². The summed E-state index contributed by atoms with van der Waals surface area (Å²) in [5.74, 6) is -4.06. The van der Waals surface area contributed by atoms with Crippen LogP contribution in [-0.2, 0) is 4.74 Å². The number of nitro groups is 1. The third kappa shape index (κ3) is 2.73. The van der Waals surface area contributed by atoms with Gasteiger partial charge in [-0.15, -0.1) is 0 Å². The molecule has 0 saturated heterocycles. The molecule has 0 unspecified atom stereocenters. The van der Waals surface area contributed by atoms with E-state index in [1.54, 1.807) is 0 Å². The standard InChI is InChI=1S/C9H7F3N2O4/c1-2-18-9(15)4-3-5(10)8(14(16)17)13-6(4)7(11)12/h3,7H,2H2,1H3. The third-order valence-electron chi connectivity index (χ3n) is 1.86. The maximum atomic E-state index is 13.2. The molecular weight excluding hydrogens is 257 g/mol. The Kier molecular flexibility index (Phi) is 4.18. The van der Waals surface area contributed by atoms with Crippen molar-refractivity contribution in [3.63, 3.8) is 0 Å². The Balaban J connectivity index is 3.38. The second-order valence-corrected chi connectivity index (χ2v) is 3.00. The monoisotopic (exact) mass is 264 g/mol. The van der Waals surface area contributed by atoms with Crippen molar-refractivity contribution in [1.82, 2.24) is 4.98 Å². The Morgan fingerprint density at radius 2 is 2.22 bits per heavy atom. The molecule has 9 heteroatoms. The summed E-state index contributed by atoms with van der Waals surface area (Å²) in [7, 11) is 0.